The summed E-state index contributed by atoms with van der Waals surface area (Å²) in [5, 5.41) is 3.36. The van der Waals surface area contributed by atoms with Gasteiger partial charge in [-0.25, -0.2) is 0 Å². The van der Waals surface area contributed by atoms with Crippen molar-refractivity contribution in [3.63, 3.8) is 0 Å². The molecule has 0 spiro atoms. The van der Waals surface area contributed by atoms with E-state index in [1.54, 1.807) is 31.6 Å². The van der Waals surface area contributed by atoms with Crippen molar-refractivity contribution in [2.24, 2.45) is 0 Å². The van der Waals surface area contributed by atoms with Crippen molar-refractivity contribution in [1.82, 2.24) is 15.2 Å². The Bertz CT molecular complexity index is 628. The molecule has 1 aromatic heterocycles. The quantitative estimate of drug-likeness (QED) is 0.940. The molecule has 1 aliphatic heterocycles. The van der Waals surface area contributed by atoms with Gasteiger partial charge in [0, 0.05) is 37.6 Å². The molecule has 1 aromatic carbocycles. The number of aromatic nitrogens is 1. The Kier molecular flexibility index (Phi) is 4.34. The molecule has 0 aliphatic carbocycles. The van der Waals surface area contributed by atoms with Crippen LogP contribution in [-0.4, -0.2) is 42.5 Å². The molecule has 0 saturated carbocycles. The zero-order valence-electron chi connectivity index (χ0n) is 12.5. The Morgan fingerprint density at radius 3 is 2.64 bits per heavy atom. The topological polar surface area (TPSA) is 54.5 Å². The predicted molar refractivity (Wildman–Crippen MR) is 83.9 cm³/mol. The van der Waals surface area contributed by atoms with Gasteiger partial charge in [-0.3, -0.25) is 9.78 Å². The minimum Gasteiger partial charge on any atom is -0.497 e. The summed E-state index contributed by atoms with van der Waals surface area (Å²) < 4.78 is 5.20. The van der Waals surface area contributed by atoms with Gasteiger partial charge in [-0.2, -0.15) is 0 Å². The highest BCUT2D eigenvalue weighted by molar-refractivity contribution is 5.94. The fraction of sp³-hybridized carbons (Fsp3) is 0.294. The number of piperazine rings is 1. The zero-order chi connectivity index (χ0) is 15.4. The average Bonchev–Trinajstić information content (AvgIpc) is 2.62. The first kappa shape index (κ1) is 14.5. The number of carbonyl (C=O) groups is 1. The fourth-order valence-corrected chi connectivity index (χ4v) is 2.73. The number of methoxy groups -OCH3 is 1. The second-order valence-corrected chi connectivity index (χ2v) is 5.23. The van der Waals surface area contributed by atoms with Crippen LogP contribution < -0.4 is 10.1 Å². The van der Waals surface area contributed by atoms with Crippen molar-refractivity contribution in [3.8, 4) is 5.75 Å². The maximum absolute atomic E-state index is 12.8. The molecule has 5 nitrogen and oxygen atoms in total. The molecular formula is C17H19N3O2. The largest absolute Gasteiger partial charge is 0.497 e. The number of nitrogens with one attached hydrogen (secondary N) is 1. The first-order chi connectivity index (χ1) is 10.8. The molecule has 1 N–H and O–H groups in total. The summed E-state index contributed by atoms with van der Waals surface area (Å²) in [6.07, 6.45) is 3.30. The summed E-state index contributed by atoms with van der Waals surface area (Å²) in [5.74, 6) is 0.865. The summed E-state index contributed by atoms with van der Waals surface area (Å²) in [5.41, 5.74) is 1.78. The van der Waals surface area contributed by atoms with E-state index in [-0.39, 0.29) is 11.9 Å². The Morgan fingerprint density at radius 2 is 1.95 bits per heavy atom. The Balaban J connectivity index is 1.86. The minimum atomic E-state index is 0.0281. The molecule has 2 heterocycles. The van der Waals surface area contributed by atoms with Crippen LogP contribution in [0.25, 0.3) is 0 Å². The van der Waals surface area contributed by atoms with Crippen molar-refractivity contribution in [3.05, 3.63) is 59.9 Å². The number of ether oxygens (including phenoxy) is 1. The van der Waals surface area contributed by atoms with Crippen molar-refractivity contribution >= 4 is 5.91 Å². The molecule has 1 aliphatic rings. The first-order valence-corrected chi connectivity index (χ1v) is 7.35. The monoisotopic (exact) mass is 297 g/mol. The van der Waals surface area contributed by atoms with Gasteiger partial charge < -0.3 is 15.0 Å². The highest BCUT2D eigenvalue weighted by Gasteiger charge is 2.28. The lowest BCUT2D eigenvalue weighted by Gasteiger charge is -2.36. The highest BCUT2D eigenvalue weighted by Crippen LogP contribution is 2.25. The van der Waals surface area contributed by atoms with Crippen LogP contribution in [0.3, 0.4) is 0 Å². The van der Waals surface area contributed by atoms with Crippen molar-refractivity contribution in [2.75, 3.05) is 26.7 Å². The number of nitrogens with zero attached hydrogens (tertiary/aromatic N) is 2. The van der Waals surface area contributed by atoms with E-state index in [9.17, 15) is 4.79 Å². The highest BCUT2D eigenvalue weighted by atomic mass is 16.5. The number of rotatable bonds is 3. The van der Waals surface area contributed by atoms with Gasteiger partial charge in [0.15, 0.2) is 0 Å². The molecular weight excluding hydrogens is 278 g/mol. The van der Waals surface area contributed by atoms with Crippen molar-refractivity contribution in [1.29, 1.82) is 0 Å². The number of carbonyl (C=O) groups excluding carboxylic acids is 1. The van der Waals surface area contributed by atoms with Gasteiger partial charge in [-0.15, -0.1) is 0 Å². The summed E-state index contributed by atoms with van der Waals surface area (Å²) in [4.78, 5) is 18.6. The van der Waals surface area contributed by atoms with E-state index in [1.807, 2.05) is 29.2 Å². The second kappa shape index (κ2) is 6.58. The van der Waals surface area contributed by atoms with Crippen LogP contribution in [0.2, 0.25) is 0 Å². The fourth-order valence-electron chi connectivity index (χ4n) is 2.73. The lowest BCUT2D eigenvalue weighted by Crippen LogP contribution is -2.48. The minimum absolute atomic E-state index is 0.0281. The van der Waals surface area contributed by atoms with E-state index in [4.69, 9.17) is 4.74 Å². The first-order valence-electron chi connectivity index (χ1n) is 7.35. The standard InChI is InChI=1S/C17H19N3O2/c1-22-15-4-2-13(3-5-15)16-12-19-10-11-20(16)17(21)14-6-8-18-9-7-14/h2-9,16,19H,10-12H2,1H3/t16-/m1/s1. The van der Waals surface area contributed by atoms with Crippen LogP contribution in [0.15, 0.2) is 48.8 Å². The van der Waals surface area contributed by atoms with Crippen molar-refractivity contribution < 1.29 is 9.53 Å². The molecule has 1 fully saturated rings. The summed E-state index contributed by atoms with van der Waals surface area (Å²) in [6.45, 7) is 2.25. The van der Waals surface area contributed by atoms with Crippen LogP contribution in [0.5, 0.6) is 5.75 Å². The van der Waals surface area contributed by atoms with Crippen molar-refractivity contribution in [2.45, 2.75) is 6.04 Å². The molecule has 1 saturated heterocycles. The lowest BCUT2D eigenvalue weighted by atomic mass is 10.0. The number of amides is 1. The van der Waals surface area contributed by atoms with Gasteiger partial charge in [0.05, 0.1) is 13.2 Å². The Morgan fingerprint density at radius 1 is 1.23 bits per heavy atom. The molecule has 1 amide bonds. The molecule has 22 heavy (non-hydrogen) atoms. The number of benzene rings is 1. The average molecular weight is 297 g/mol. The van der Waals surface area contributed by atoms with Crippen LogP contribution in [0.1, 0.15) is 22.0 Å². The molecule has 2 aromatic rings. The second-order valence-electron chi connectivity index (χ2n) is 5.23. The third kappa shape index (κ3) is 2.94. The van der Waals surface area contributed by atoms with Gasteiger partial charge in [0.25, 0.3) is 5.91 Å². The summed E-state index contributed by atoms with van der Waals surface area (Å²) in [7, 11) is 1.65. The molecule has 5 heteroatoms. The smallest absolute Gasteiger partial charge is 0.254 e. The normalized spacial score (nSPS) is 18.0. The van der Waals surface area contributed by atoms with E-state index in [1.165, 1.54) is 0 Å². The number of pyridine rings is 1. The maximum atomic E-state index is 12.8. The lowest BCUT2D eigenvalue weighted by molar-refractivity contribution is 0.0634. The van der Waals surface area contributed by atoms with Gasteiger partial charge in [-0.1, -0.05) is 12.1 Å². The molecule has 0 radical (unpaired) electrons. The maximum Gasteiger partial charge on any atom is 0.254 e. The molecule has 3 rings (SSSR count). The summed E-state index contributed by atoms with van der Waals surface area (Å²) in [6, 6.07) is 11.4. The van der Waals surface area contributed by atoms with E-state index >= 15 is 0 Å². The van der Waals surface area contributed by atoms with Gasteiger partial charge in [-0.05, 0) is 29.8 Å². The predicted octanol–water partition coefficient (Wildman–Crippen LogP) is 1.88. The Labute approximate surface area is 129 Å². The molecule has 114 valence electrons. The summed E-state index contributed by atoms with van der Waals surface area (Å²) >= 11 is 0. The molecule has 0 bridgehead atoms. The third-order valence-corrected chi connectivity index (χ3v) is 3.93. The van der Waals surface area contributed by atoms with E-state index in [0.717, 1.165) is 24.4 Å². The van der Waals surface area contributed by atoms with E-state index < -0.39 is 0 Å². The number of hydrogen-bond acceptors (Lipinski definition) is 4. The van der Waals surface area contributed by atoms with Gasteiger partial charge in [0.2, 0.25) is 0 Å². The molecule has 0 unspecified atom stereocenters. The Hall–Kier alpha value is -2.40. The third-order valence-electron chi connectivity index (χ3n) is 3.93. The van der Waals surface area contributed by atoms with Crippen LogP contribution in [-0.2, 0) is 0 Å². The molecule has 1 atom stereocenters. The van der Waals surface area contributed by atoms with Crippen LogP contribution in [0, 0.1) is 0 Å². The SMILES string of the molecule is COc1ccc([C@H]2CNCCN2C(=O)c2ccncc2)cc1. The number of hydrogen-bond donors (Lipinski definition) is 1. The van der Waals surface area contributed by atoms with E-state index in [2.05, 4.69) is 10.3 Å². The van der Waals surface area contributed by atoms with Crippen LogP contribution >= 0.6 is 0 Å². The zero-order valence-corrected chi connectivity index (χ0v) is 12.5. The van der Waals surface area contributed by atoms with Gasteiger partial charge >= 0.3 is 0 Å². The van der Waals surface area contributed by atoms with Gasteiger partial charge in [0.1, 0.15) is 5.75 Å². The van der Waals surface area contributed by atoms with Crippen LogP contribution in [0.4, 0.5) is 0 Å². The van der Waals surface area contributed by atoms with E-state index in [0.29, 0.717) is 12.1 Å².